The van der Waals surface area contributed by atoms with Gasteiger partial charge in [-0.15, -0.1) is 0 Å². The zero-order chi connectivity index (χ0) is 25.3. The van der Waals surface area contributed by atoms with E-state index < -0.39 is 17.4 Å². The summed E-state index contributed by atoms with van der Waals surface area (Å²) >= 11 is 0. The summed E-state index contributed by atoms with van der Waals surface area (Å²) in [5, 5.41) is 15.2. The Hall–Kier alpha value is -3.90. The van der Waals surface area contributed by atoms with Crippen LogP contribution in [0.25, 0.3) is 11.3 Å². The predicted molar refractivity (Wildman–Crippen MR) is 137 cm³/mol. The predicted octanol–water partition coefficient (Wildman–Crippen LogP) is 5.80. The summed E-state index contributed by atoms with van der Waals surface area (Å²) in [6, 6.07) is 22.6. The lowest BCUT2D eigenvalue weighted by molar-refractivity contribution is -0.139. The number of fused-ring (bicyclic) bond motifs is 2. The number of aliphatic hydroxyl groups is 1. The molecule has 36 heavy (non-hydrogen) atoms. The number of rotatable bonds is 8. The van der Waals surface area contributed by atoms with Crippen LogP contribution in [-0.2, 0) is 22.6 Å². The van der Waals surface area contributed by atoms with Crippen LogP contribution in [0.1, 0.15) is 53.2 Å². The number of amides is 1. The van der Waals surface area contributed by atoms with Gasteiger partial charge in [0.15, 0.2) is 5.60 Å². The van der Waals surface area contributed by atoms with E-state index in [-0.39, 0.29) is 24.9 Å². The van der Waals surface area contributed by atoms with Crippen LogP contribution in [0.2, 0.25) is 0 Å². The van der Waals surface area contributed by atoms with Gasteiger partial charge in [-0.3, -0.25) is 4.79 Å². The molecule has 0 bridgehead atoms. The van der Waals surface area contributed by atoms with Gasteiger partial charge in [-0.05, 0) is 54.7 Å². The van der Waals surface area contributed by atoms with E-state index in [9.17, 15) is 14.7 Å². The lowest BCUT2D eigenvalue weighted by Crippen LogP contribution is -2.50. The molecule has 0 aromatic heterocycles. The average Bonchev–Trinajstić information content (AvgIpc) is 3.47. The van der Waals surface area contributed by atoms with Gasteiger partial charge in [0.05, 0.1) is 11.8 Å². The number of cyclic esters (lactones) is 1. The summed E-state index contributed by atoms with van der Waals surface area (Å²) in [6.45, 7) is 4.18. The summed E-state index contributed by atoms with van der Waals surface area (Å²) in [6.07, 6.45) is 2.36. The van der Waals surface area contributed by atoms with Gasteiger partial charge in [0, 0.05) is 28.3 Å². The van der Waals surface area contributed by atoms with Gasteiger partial charge in [0.25, 0.3) is 5.91 Å². The molecule has 0 saturated carbocycles. The Bertz CT molecular complexity index is 1360. The number of benzene rings is 2. The molecule has 6 heteroatoms. The highest BCUT2D eigenvalue weighted by Crippen LogP contribution is 2.44. The molecule has 2 N–H and O–H groups in total. The molecule has 2 unspecified atom stereocenters. The number of nitrogens with one attached hydrogen (secondary N) is 1. The number of esters is 1. The van der Waals surface area contributed by atoms with E-state index in [1.54, 1.807) is 24.5 Å². The average molecular weight is 484 g/mol. The van der Waals surface area contributed by atoms with Crippen molar-refractivity contribution in [1.82, 2.24) is 0 Å². The molecule has 0 saturated heterocycles. The molecule has 2 aromatic rings. The second kappa shape index (κ2) is 9.63. The van der Waals surface area contributed by atoms with Crippen LogP contribution in [0.15, 0.2) is 83.5 Å². The Morgan fingerprint density at radius 2 is 1.86 bits per heavy atom. The first-order chi connectivity index (χ1) is 17.4. The van der Waals surface area contributed by atoms with Gasteiger partial charge in [-0.1, -0.05) is 56.3 Å². The first kappa shape index (κ1) is 23.8. The van der Waals surface area contributed by atoms with Gasteiger partial charge in [0.1, 0.15) is 12.4 Å². The van der Waals surface area contributed by atoms with Crippen molar-refractivity contribution in [1.29, 1.82) is 0 Å². The van der Waals surface area contributed by atoms with Crippen molar-refractivity contribution in [2.24, 2.45) is 5.92 Å². The number of hydrogen-bond donors (Lipinski definition) is 2. The summed E-state index contributed by atoms with van der Waals surface area (Å²) in [7, 11) is 0. The number of aryl methyl sites for hydroxylation is 1. The molecule has 2 aromatic carbocycles. The topological polar surface area (TPSA) is 88.8 Å². The molecule has 0 fully saturated rings. The maximum atomic E-state index is 13.9. The summed E-state index contributed by atoms with van der Waals surface area (Å²) in [5.41, 5.74) is 2.75. The maximum Gasteiger partial charge on any atom is 0.338 e. The second-order valence-corrected chi connectivity index (χ2v) is 9.72. The molecule has 6 nitrogen and oxygen atoms in total. The van der Waals surface area contributed by atoms with Crippen molar-refractivity contribution in [3.8, 4) is 11.3 Å². The number of hydrogen-bond acceptors (Lipinski definition) is 5. The minimum atomic E-state index is -1.73. The molecule has 1 aliphatic carbocycles. The third-order valence-electron chi connectivity index (χ3n) is 7.00. The molecular weight excluding hydrogens is 454 g/mol. The van der Waals surface area contributed by atoms with Crippen LogP contribution in [0.5, 0.6) is 0 Å². The van der Waals surface area contributed by atoms with Crippen molar-refractivity contribution in [3.05, 3.63) is 101 Å². The molecule has 5 rings (SSSR count). The minimum Gasteiger partial charge on any atom is -0.464 e. The van der Waals surface area contributed by atoms with Crippen molar-refractivity contribution >= 4 is 17.6 Å². The van der Waals surface area contributed by atoms with Crippen molar-refractivity contribution in [2.75, 3.05) is 5.32 Å². The number of ether oxygens (including phenoxy) is 1. The first-order valence-electron chi connectivity index (χ1n) is 12.2. The summed E-state index contributed by atoms with van der Waals surface area (Å²) in [5.74, 6) is -0.773. The lowest BCUT2D eigenvalue weighted by Gasteiger charge is -2.38. The Morgan fingerprint density at radius 3 is 2.64 bits per heavy atom. The maximum absolute atomic E-state index is 13.9. The van der Waals surface area contributed by atoms with Crippen LogP contribution >= 0.6 is 0 Å². The van der Waals surface area contributed by atoms with Crippen LogP contribution in [0, 0.1) is 5.92 Å². The minimum absolute atomic E-state index is 0.0661. The van der Waals surface area contributed by atoms with Gasteiger partial charge in [-0.2, -0.15) is 0 Å². The fourth-order valence-corrected chi connectivity index (χ4v) is 5.27. The smallest absolute Gasteiger partial charge is 0.338 e. The normalized spacial score (nSPS) is 15.4. The van der Waals surface area contributed by atoms with Crippen LogP contribution in [0.3, 0.4) is 0 Å². The third kappa shape index (κ3) is 4.40. The Labute approximate surface area is 210 Å². The zero-order valence-electron chi connectivity index (χ0n) is 20.4. The molecular formula is C30H29NO5. The highest BCUT2D eigenvalue weighted by atomic mass is 16.5. The summed E-state index contributed by atoms with van der Waals surface area (Å²) in [4.78, 5) is 25.7. The van der Waals surface area contributed by atoms with Crippen molar-refractivity contribution in [2.45, 2.75) is 44.8 Å². The van der Waals surface area contributed by atoms with Gasteiger partial charge in [0.2, 0.25) is 0 Å². The number of carbonyl (C=O) groups is 2. The summed E-state index contributed by atoms with van der Waals surface area (Å²) < 4.78 is 10.9. The van der Waals surface area contributed by atoms with Crippen LogP contribution in [-0.4, -0.2) is 22.6 Å². The lowest BCUT2D eigenvalue weighted by atomic mass is 9.72. The van der Waals surface area contributed by atoms with Gasteiger partial charge < -0.3 is 19.6 Å². The van der Waals surface area contributed by atoms with E-state index in [1.807, 2.05) is 68.4 Å². The van der Waals surface area contributed by atoms with Crippen LogP contribution < -0.4 is 5.32 Å². The standard InChI is InChI=1S/C30H29NO5/c1-19(2)26(25-12-10-21-9-6-16-35-27(21)25)30(34,15-14-20-7-4-3-5-8-20)29(33)31-23-11-13-24-22(17-23)18-36-28(24)32/h3-13,16-17,19,26,34H,14-15,18H2,1-2H3,(H,31,33). The molecule has 0 spiro atoms. The SMILES string of the molecule is CC(C)C(c1ccc2cccoc1-2)C(O)(CCc1ccccc1)C(=O)Nc1ccc2c(c1)COC2=O. The first-order valence-corrected chi connectivity index (χ1v) is 12.2. The van der Waals surface area contributed by atoms with Crippen molar-refractivity contribution in [3.63, 3.8) is 0 Å². The molecule has 1 amide bonds. The van der Waals surface area contributed by atoms with E-state index in [1.165, 1.54) is 0 Å². The molecule has 184 valence electrons. The Morgan fingerprint density at radius 1 is 1.06 bits per heavy atom. The highest BCUT2D eigenvalue weighted by Gasteiger charge is 2.47. The molecule has 2 atom stereocenters. The molecule has 2 heterocycles. The van der Waals surface area contributed by atoms with E-state index in [0.717, 1.165) is 16.7 Å². The zero-order valence-corrected chi connectivity index (χ0v) is 20.4. The fraction of sp³-hybridized carbons (Fsp3) is 0.267. The monoisotopic (exact) mass is 483 g/mol. The third-order valence-corrected chi connectivity index (χ3v) is 7.00. The Balaban J connectivity index is 1.52. The van der Waals surface area contributed by atoms with E-state index in [4.69, 9.17) is 9.15 Å². The van der Waals surface area contributed by atoms with Gasteiger partial charge in [-0.25, -0.2) is 4.79 Å². The molecule has 3 aliphatic rings. The molecule has 2 aliphatic heterocycles. The number of anilines is 1. The van der Waals surface area contributed by atoms with Gasteiger partial charge >= 0.3 is 5.97 Å². The second-order valence-electron chi connectivity index (χ2n) is 9.72. The Kier molecular flexibility index (Phi) is 6.37. The highest BCUT2D eigenvalue weighted by molar-refractivity contribution is 5.99. The van der Waals surface area contributed by atoms with Crippen molar-refractivity contribution < 1.29 is 23.8 Å². The largest absolute Gasteiger partial charge is 0.464 e. The van der Waals surface area contributed by atoms with E-state index in [0.29, 0.717) is 29.0 Å². The quantitative estimate of drug-likeness (QED) is 0.309. The number of carbonyl (C=O) groups excluding carboxylic acids is 2. The molecule has 0 radical (unpaired) electrons. The van der Waals surface area contributed by atoms with Crippen LogP contribution in [0.4, 0.5) is 5.69 Å². The van der Waals surface area contributed by atoms with E-state index >= 15 is 0 Å². The fourth-order valence-electron chi connectivity index (χ4n) is 5.27. The van der Waals surface area contributed by atoms with E-state index in [2.05, 4.69) is 5.32 Å².